The van der Waals surface area contributed by atoms with Crippen LogP contribution in [0.5, 0.6) is 28.7 Å². The molecule has 0 heterocycles. The van der Waals surface area contributed by atoms with Crippen LogP contribution in [0, 0.1) is 27.7 Å². The maximum Gasteiger partial charge on any atom is 0.513 e. The van der Waals surface area contributed by atoms with E-state index in [0.29, 0.717) is 57.4 Å². The molecule has 1 aliphatic carbocycles. The van der Waals surface area contributed by atoms with Gasteiger partial charge in [0.2, 0.25) is 18.2 Å². The molecule has 7 rings (SSSR count). The zero-order valence-corrected chi connectivity index (χ0v) is 38.6. The van der Waals surface area contributed by atoms with Crippen LogP contribution in [0.25, 0.3) is 16.8 Å². The van der Waals surface area contributed by atoms with Crippen LogP contribution in [0.2, 0.25) is 0 Å². The summed E-state index contributed by atoms with van der Waals surface area (Å²) in [7, 11) is -3.23. The van der Waals surface area contributed by atoms with Crippen LogP contribution in [-0.4, -0.2) is 63.0 Å². The number of hydrogen-bond donors (Lipinski definition) is 0. The van der Waals surface area contributed by atoms with Crippen LogP contribution in [0.3, 0.4) is 0 Å². The summed E-state index contributed by atoms with van der Waals surface area (Å²) in [6, 6.07) is 31.3. The average molecular weight is 925 g/mol. The molecule has 1 aliphatic rings. The maximum absolute atomic E-state index is 15.4. The summed E-state index contributed by atoms with van der Waals surface area (Å²) in [5, 5.41) is 1.86. The lowest BCUT2D eigenvalue weighted by molar-refractivity contribution is 0.0633. The zero-order chi connectivity index (χ0) is 47.7. The summed E-state index contributed by atoms with van der Waals surface area (Å²) in [5.41, 5.74) is 2.82. The highest BCUT2D eigenvalue weighted by molar-refractivity contribution is 8.01. The summed E-state index contributed by atoms with van der Waals surface area (Å²) < 4.78 is 58.9. The lowest BCUT2D eigenvalue weighted by atomic mass is 9.95. The van der Waals surface area contributed by atoms with E-state index in [2.05, 4.69) is 16.1 Å². The van der Waals surface area contributed by atoms with Crippen molar-refractivity contribution < 1.29 is 61.6 Å². The molecule has 0 aliphatic heterocycles. The number of carbonyl (C=O) groups excluding carboxylic acids is 4. The van der Waals surface area contributed by atoms with Gasteiger partial charge in [0.05, 0.1) is 13.4 Å². The first-order valence-electron chi connectivity index (χ1n) is 21.4. The normalized spacial score (nSPS) is 13.6. The Morgan fingerprint density at radius 1 is 0.612 bits per heavy atom. The van der Waals surface area contributed by atoms with E-state index in [1.807, 2.05) is 42.5 Å². The summed E-state index contributed by atoms with van der Waals surface area (Å²) >= 11 is 0. The number of fused-ring (bicyclic) bond motifs is 2. The van der Waals surface area contributed by atoms with Crippen molar-refractivity contribution in [3.8, 4) is 28.7 Å². The molecule has 0 saturated carbocycles. The first kappa shape index (κ1) is 47.3. The van der Waals surface area contributed by atoms with Gasteiger partial charge in [-0.2, -0.15) is 0 Å². The van der Waals surface area contributed by atoms with Gasteiger partial charge in [-0.25, -0.2) is 9.59 Å². The minimum Gasteiger partial charge on any atom is -0.490 e. The van der Waals surface area contributed by atoms with E-state index >= 15 is 4.57 Å². The first-order chi connectivity index (χ1) is 32.3. The molecular formula is C53H49O13P. The van der Waals surface area contributed by atoms with Crippen molar-refractivity contribution in [2.45, 2.75) is 40.2 Å². The highest BCUT2D eigenvalue weighted by Gasteiger charge is 2.45. The smallest absolute Gasteiger partial charge is 0.490 e. The molecule has 67 heavy (non-hydrogen) atoms. The van der Waals surface area contributed by atoms with E-state index in [4.69, 9.17) is 28.4 Å². The molecule has 2 atom stereocenters. The van der Waals surface area contributed by atoms with E-state index in [1.165, 1.54) is 7.11 Å². The number of ether oxygens (including phenoxy) is 8. The van der Waals surface area contributed by atoms with E-state index in [-0.39, 0.29) is 42.9 Å². The van der Waals surface area contributed by atoms with Crippen molar-refractivity contribution in [3.63, 3.8) is 0 Å². The second kappa shape index (κ2) is 21.1. The van der Waals surface area contributed by atoms with Crippen LogP contribution in [0.15, 0.2) is 128 Å². The fraction of sp³-hybridized carbons (Fsp3) is 0.208. The molecule has 0 bridgehead atoms. The second-order valence-electron chi connectivity index (χ2n) is 15.7. The molecular weight excluding hydrogens is 876 g/mol. The molecule has 14 heteroatoms. The van der Waals surface area contributed by atoms with Crippen molar-refractivity contribution in [2.24, 2.45) is 0 Å². The van der Waals surface area contributed by atoms with Crippen LogP contribution < -0.4 is 29.0 Å². The largest absolute Gasteiger partial charge is 0.513 e. The van der Waals surface area contributed by atoms with Gasteiger partial charge in [0, 0.05) is 22.9 Å². The van der Waals surface area contributed by atoms with Crippen LogP contribution >= 0.6 is 7.14 Å². The molecule has 344 valence electrons. The van der Waals surface area contributed by atoms with Crippen molar-refractivity contribution in [2.75, 3.05) is 33.5 Å². The molecule has 13 nitrogen and oxygen atoms in total. The number of aryl methyl sites for hydroxylation is 4. The first-order valence-corrected chi connectivity index (χ1v) is 23.1. The fourth-order valence-electron chi connectivity index (χ4n) is 7.90. The van der Waals surface area contributed by atoms with Crippen molar-refractivity contribution in [3.05, 3.63) is 173 Å². The Morgan fingerprint density at radius 3 is 1.64 bits per heavy atom. The molecule has 0 spiro atoms. The van der Waals surface area contributed by atoms with Crippen molar-refractivity contribution >= 4 is 52.7 Å². The Kier molecular flexibility index (Phi) is 14.9. The van der Waals surface area contributed by atoms with E-state index in [1.54, 1.807) is 107 Å². The second-order valence-corrected chi connectivity index (χ2v) is 18.2. The monoisotopic (exact) mass is 924 g/mol. The Hall–Kier alpha value is -7.63. The van der Waals surface area contributed by atoms with Gasteiger partial charge in [0.1, 0.15) is 61.3 Å². The number of rotatable bonds is 18. The van der Waals surface area contributed by atoms with Gasteiger partial charge in [-0.3, -0.25) is 9.59 Å². The third-order valence-electron chi connectivity index (χ3n) is 11.0. The number of hydrogen-bond acceptors (Lipinski definition) is 13. The fourth-order valence-corrected chi connectivity index (χ4v) is 10.5. The molecule has 6 aromatic carbocycles. The average Bonchev–Trinajstić information content (AvgIpc) is 3.31. The van der Waals surface area contributed by atoms with Crippen LogP contribution in [-0.2, 0) is 25.2 Å². The van der Waals surface area contributed by atoms with Gasteiger partial charge in [0.15, 0.2) is 0 Å². The van der Waals surface area contributed by atoms with E-state index in [0.717, 1.165) is 28.2 Å². The summed E-state index contributed by atoms with van der Waals surface area (Å²) in [4.78, 5) is 52.6. The maximum atomic E-state index is 15.4. The summed E-state index contributed by atoms with van der Waals surface area (Å²) in [5.74, 6) is 2.58. The topological polar surface area (TPSA) is 159 Å². The van der Waals surface area contributed by atoms with E-state index in [9.17, 15) is 19.2 Å². The molecule has 0 amide bonds. The third-order valence-corrected chi connectivity index (χ3v) is 13.6. The Morgan fingerprint density at radius 2 is 1.10 bits per heavy atom. The third kappa shape index (κ3) is 11.1. The lowest BCUT2D eigenvalue weighted by Crippen LogP contribution is -2.23. The van der Waals surface area contributed by atoms with Crippen LogP contribution in [0.1, 0.15) is 54.1 Å². The molecule has 0 saturated heterocycles. The van der Waals surface area contributed by atoms with Crippen molar-refractivity contribution in [1.29, 1.82) is 0 Å². The molecule has 1 unspecified atom stereocenters. The molecule has 0 N–H and O–H groups in total. The van der Waals surface area contributed by atoms with E-state index < -0.39 is 36.6 Å². The molecule has 6 aromatic rings. The quantitative estimate of drug-likeness (QED) is 0.0264. The highest BCUT2D eigenvalue weighted by atomic mass is 31.2. The standard InChI is InChI=1S/C53H49O13P/c1-7-60-53(57)66-44-20-16-38-30-42(18-14-40(38)32-44)62-22-24-64-46-27-35(4)49(36(5)28-46)51(55)67(58,47-11-9-8-10-12-47)50(54)48-33(2)25-45(26-34(48)3)63-23-21-61-41-17-13-39-31-43(65-52(56)59-6)19-15-37(39)29-41/h7-20,25-31,44H,1,21-24,32H2,2-6H3/t44-,67?/m0/s1. The predicted molar refractivity (Wildman–Crippen MR) is 254 cm³/mol. The Labute approximate surface area is 388 Å². The Bertz CT molecular complexity index is 2890. The number of benzene rings is 6. The molecule has 0 fully saturated rings. The van der Waals surface area contributed by atoms with Gasteiger partial charge in [-0.1, -0.05) is 61.2 Å². The SMILES string of the molecule is C=COC(=O)O[C@H]1C=Cc2cc(OCCOc3cc(C)c(C(=O)P(=O)(C(=O)c4c(C)cc(OCCOc5ccc6cc(OC(=O)OC)ccc6c5)cc4C)c4ccccc4)c(C)c3)ccc2C1. The zero-order valence-electron chi connectivity index (χ0n) is 37.7. The minimum atomic E-state index is -4.47. The highest BCUT2D eigenvalue weighted by Crippen LogP contribution is 2.53. The van der Waals surface area contributed by atoms with Gasteiger partial charge < -0.3 is 42.5 Å². The number of methoxy groups -OCH3 is 1. The van der Waals surface area contributed by atoms with Gasteiger partial charge >= 0.3 is 12.3 Å². The Balaban J connectivity index is 0.988. The van der Waals surface area contributed by atoms with Crippen molar-refractivity contribution in [1.82, 2.24) is 0 Å². The lowest BCUT2D eigenvalue weighted by Gasteiger charge is -2.22. The molecule has 0 radical (unpaired) electrons. The summed E-state index contributed by atoms with van der Waals surface area (Å²) in [6.07, 6.45) is 3.08. The van der Waals surface area contributed by atoms with Gasteiger partial charge in [-0.05, 0) is 139 Å². The minimum absolute atomic E-state index is 0.139. The predicted octanol–water partition coefficient (Wildman–Crippen LogP) is 11.0. The molecule has 0 aromatic heterocycles. The van der Waals surface area contributed by atoms with Gasteiger partial charge in [-0.15, -0.1) is 0 Å². The van der Waals surface area contributed by atoms with Gasteiger partial charge in [0.25, 0.3) is 0 Å². The van der Waals surface area contributed by atoms with Crippen LogP contribution in [0.4, 0.5) is 9.59 Å². The number of carbonyl (C=O) groups is 4. The summed E-state index contributed by atoms with van der Waals surface area (Å²) in [6.45, 7) is 11.1.